The first-order valence-corrected chi connectivity index (χ1v) is 5.61. The fourth-order valence-electron chi connectivity index (χ4n) is 1.83. The number of aromatic nitrogens is 1. The Bertz CT molecular complexity index is 602. The number of halogens is 2. The van der Waals surface area contributed by atoms with Crippen LogP contribution in [0, 0.1) is 25.5 Å². The molecule has 1 N–H and O–H groups in total. The summed E-state index contributed by atoms with van der Waals surface area (Å²) in [7, 11) is 0. The third-order valence-electron chi connectivity index (χ3n) is 3.06. The Kier molecular flexibility index (Phi) is 3.28. The summed E-state index contributed by atoms with van der Waals surface area (Å²) in [4.78, 5) is 14.9. The summed E-state index contributed by atoms with van der Waals surface area (Å²) in [5, 5.41) is 0. The molecule has 0 bridgehead atoms. The molecule has 18 heavy (non-hydrogen) atoms. The molecule has 0 aliphatic heterocycles. The van der Waals surface area contributed by atoms with Gasteiger partial charge in [0.1, 0.15) is 0 Å². The van der Waals surface area contributed by atoms with Gasteiger partial charge in [-0.25, -0.2) is 8.78 Å². The molecule has 2 nitrogen and oxygen atoms in total. The van der Waals surface area contributed by atoms with Crippen molar-refractivity contribution in [3.8, 4) is 0 Å². The molecule has 0 saturated carbocycles. The zero-order chi connectivity index (χ0) is 13.3. The van der Waals surface area contributed by atoms with Gasteiger partial charge in [-0.2, -0.15) is 0 Å². The number of ketones is 1. The minimum atomic E-state index is -0.952. The van der Waals surface area contributed by atoms with Crippen molar-refractivity contribution in [1.82, 2.24) is 4.98 Å². The number of carbonyl (C=O) groups excluding carboxylic acids is 1. The van der Waals surface area contributed by atoms with Gasteiger partial charge in [-0.3, -0.25) is 4.79 Å². The maximum atomic E-state index is 13.4. The molecule has 94 valence electrons. The summed E-state index contributed by atoms with van der Waals surface area (Å²) >= 11 is 0. The summed E-state index contributed by atoms with van der Waals surface area (Å²) in [6, 6.07) is 3.85. The normalized spacial score (nSPS) is 10.7. The van der Waals surface area contributed by atoms with Crippen molar-refractivity contribution < 1.29 is 13.6 Å². The Hall–Kier alpha value is -1.97. The Morgan fingerprint density at radius 1 is 1.28 bits per heavy atom. The first-order chi connectivity index (χ1) is 8.50. The predicted molar refractivity (Wildman–Crippen MR) is 64.7 cm³/mol. The van der Waals surface area contributed by atoms with Gasteiger partial charge in [0.25, 0.3) is 0 Å². The molecule has 2 aromatic rings. The lowest BCUT2D eigenvalue weighted by atomic mass is 10.0. The lowest BCUT2D eigenvalue weighted by Crippen LogP contribution is -2.08. The van der Waals surface area contributed by atoms with Crippen molar-refractivity contribution in [1.29, 1.82) is 0 Å². The summed E-state index contributed by atoms with van der Waals surface area (Å²) in [5.41, 5.74) is 2.35. The fourth-order valence-corrected chi connectivity index (χ4v) is 1.83. The minimum absolute atomic E-state index is 0.0756. The topological polar surface area (TPSA) is 32.9 Å². The van der Waals surface area contributed by atoms with Gasteiger partial charge in [0, 0.05) is 12.6 Å². The first kappa shape index (κ1) is 12.5. The van der Waals surface area contributed by atoms with Crippen molar-refractivity contribution in [2.45, 2.75) is 20.3 Å². The number of rotatable bonds is 3. The van der Waals surface area contributed by atoms with E-state index in [1.54, 1.807) is 6.20 Å². The number of benzene rings is 1. The van der Waals surface area contributed by atoms with E-state index in [0.717, 1.165) is 17.2 Å². The molecule has 1 heterocycles. The quantitative estimate of drug-likeness (QED) is 0.831. The second kappa shape index (κ2) is 4.72. The molecule has 0 saturated heterocycles. The zero-order valence-electron chi connectivity index (χ0n) is 10.2. The molecule has 1 aromatic heterocycles. The van der Waals surface area contributed by atoms with E-state index in [2.05, 4.69) is 4.98 Å². The molecule has 0 spiro atoms. The van der Waals surface area contributed by atoms with E-state index in [1.165, 1.54) is 12.1 Å². The van der Waals surface area contributed by atoms with Crippen LogP contribution < -0.4 is 0 Å². The van der Waals surface area contributed by atoms with Crippen molar-refractivity contribution in [3.63, 3.8) is 0 Å². The SMILES string of the molecule is Cc1c[nH]c(C(=O)Cc2cccc(F)c2F)c1C. The minimum Gasteiger partial charge on any atom is -0.358 e. The van der Waals surface area contributed by atoms with E-state index < -0.39 is 11.6 Å². The Labute approximate surface area is 104 Å². The average molecular weight is 249 g/mol. The number of aromatic amines is 1. The first-order valence-electron chi connectivity index (χ1n) is 5.61. The highest BCUT2D eigenvalue weighted by Gasteiger charge is 2.16. The number of H-pyrrole nitrogens is 1. The van der Waals surface area contributed by atoms with Gasteiger partial charge < -0.3 is 4.98 Å². The van der Waals surface area contributed by atoms with Gasteiger partial charge in [0.2, 0.25) is 0 Å². The monoisotopic (exact) mass is 249 g/mol. The van der Waals surface area contributed by atoms with Gasteiger partial charge in [0.05, 0.1) is 5.69 Å². The van der Waals surface area contributed by atoms with Gasteiger partial charge in [-0.1, -0.05) is 12.1 Å². The smallest absolute Gasteiger partial charge is 0.183 e. The highest BCUT2D eigenvalue weighted by atomic mass is 19.2. The van der Waals surface area contributed by atoms with Crippen LogP contribution in [-0.4, -0.2) is 10.8 Å². The van der Waals surface area contributed by atoms with Crippen LogP contribution >= 0.6 is 0 Å². The van der Waals surface area contributed by atoms with E-state index in [1.807, 2.05) is 13.8 Å². The fraction of sp³-hybridized carbons (Fsp3) is 0.214. The van der Waals surface area contributed by atoms with Crippen LogP contribution in [0.15, 0.2) is 24.4 Å². The number of Topliss-reactive ketones (excluding diaryl/α,β-unsaturated/α-hetero) is 1. The standard InChI is InChI=1S/C14H13F2NO/c1-8-7-17-14(9(8)2)12(18)6-10-4-3-5-11(15)13(10)16/h3-5,7,17H,6H2,1-2H3. The molecule has 1 aromatic carbocycles. The van der Waals surface area contributed by atoms with E-state index in [9.17, 15) is 13.6 Å². The van der Waals surface area contributed by atoms with Crippen LogP contribution in [0.4, 0.5) is 8.78 Å². The van der Waals surface area contributed by atoms with Gasteiger partial charge in [-0.15, -0.1) is 0 Å². The Balaban J connectivity index is 2.27. The molecule has 0 amide bonds. The van der Waals surface area contributed by atoms with E-state index in [0.29, 0.717) is 5.69 Å². The van der Waals surface area contributed by atoms with Crippen LogP contribution in [0.2, 0.25) is 0 Å². The van der Waals surface area contributed by atoms with Crippen LogP contribution in [-0.2, 0) is 6.42 Å². The summed E-state index contributed by atoms with van der Waals surface area (Å²) in [5.74, 6) is -2.13. The van der Waals surface area contributed by atoms with Crippen LogP contribution in [0.3, 0.4) is 0 Å². The van der Waals surface area contributed by atoms with Crippen LogP contribution in [0.25, 0.3) is 0 Å². The highest BCUT2D eigenvalue weighted by molar-refractivity contribution is 5.97. The molecular formula is C14H13F2NO. The largest absolute Gasteiger partial charge is 0.358 e. The van der Waals surface area contributed by atoms with Gasteiger partial charge in [0.15, 0.2) is 17.4 Å². The van der Waals surface area contributed by atoms with Crippen LogP contribution in [0.5, 0.6) is 0 Å². The van der Waals surface area contributed by atoms with Crippen molar-refractivity contribution in [2.75, 3.05) is 0 Å². The molecule has 0 atom stereocenters. The third-order valence-corrected chi connectivity index (χ3v) is 3.06. The number of nitrogens with one attached hydrogen (secondary N) is 1. The molecular weight excluding hydrogens is 236 g/mol. The molecule has 0 unspecified atom stereocenters. The van der Waals surface area contributed by atoms with Crippen molar-refractivity contribution in [2.24, 2.45) is 0 Å². The maximum absolute atomic E-state index is 13.4. The number of aryl methyl sites for hydroxylation is 1. The molecule has 4 heteroatoms. The molecule has 0 aliphatic carbocycles. The third kappa shape index (κ3) is 2.18. The Morgan fingerprint density at radius 3 is 2.61 bits per heavy atom. The molecule has 0 aliphatic rings. The lowest BCUT2D eigenvalue weighted by molar-refractivity contribution is 0.0987. The second-order valence-electron chi connectivity index (χ2n) is 4.28. The summed E-state index contributed by atoms with van der Waals surface area (Å²) in [6.45, 7) is 3.70. The lowest BCUT2D eigenvalue weighted by Gasteiger charge is -2.03. The van der Waals surface area contributed by atoms with E-state index in [-0.39, 0.29) is 17.8 Å². The second-order valence-corrected chi connectivity index (χ2v) is 4.28. The zero-order valence-corrected chi connectivity index (χ0v) is 10.2. The Morgan fingerprint density at radius 2 is 2.00 bits per heavy atom. The molecule has 0 fully saturated rings. The van der Waals surface area contributed by atoms with Crippen molar-refractivity contribution in [3.05, 3.63) is 58.4 Å². The van der Waals surface area contributed by atoms with Gasteiger partial charge >= 0.3 is 0 Å². The van der Waals surface area contributed by atoms with Gasteiger partial charge in [-0.05, 0) is 36.6 Å². The van der Waals surface area contributed by atoms with E-state index >= 15 is 0 Å². The van der Waals surface area contributed by atoms with Crippen molar-refractivity contribution >= 4 is 5.78 Å². The summed E-state index contributed by atoms with van der Waals surface area (Å²) in [6.07, 6.45) is 1.58. The highest BCUT2D eigenvalue weighted by Crippen LogP contribution is 2.17. The maximum Gasteiger partial charge on any atom is 0.183 e. The number of carbonyl (C=O) groups is 1. The summed E-state index contributed by atoms with van der Waals surface area (Å²) < 4.78 is 26.5. The van der Waals surface area contributed by atoms with E-state index in [4.69, 9.17) is 0 Å². The molecule has 2 rings (SSSR count). The number of hydrogen-bond donors (Lipinski definition) is 1. The predicted octanol–water partition coefficient (Wildman–Crippen LogP) is 3.34. The average Bonchev–Trinajstić information content (AvgIpc) is 2.66. The molecule has 0 radical (unpaired) electrons. The number of hydrogen-bond acceptors (Lipinski definition) is 1. The van der Waals surface area contributed by atoms with Crippen LogP contribution in [0.1, 0.15) is 27.2 Å².